The van der Waals surface area contributed by atoms with Gasteiger partial charge in [-0.3, -0.25) is 0 Å². The topological polar surface area (TPSA) is 9.23 Å². The van der Waals surface area contributed by atoms with Gasteiger partial charge >= 0.3 is 0 Å². The molecule has 0 fully saturated rings. The molecule has 0 bridgehead atoms. The van der Waals surface area contributed by atoms with Gasteiger partial charge in [-0.1, -0.05) is 117 Å². The van der Waals surface area contributed by atoms with Gasteiger partial charge in [0, 0.05) is 35.6 Å². The maximum absolute atomic E-state index is 5.61. The fourth-order valence-electron chi connectivity index (χ4n) is 3.05. The van der Waals surface area contributed by atoms with E-state index in [0.717, 1.165) is 0 Å². The standard InChI is InChI=1S/C22H46OS2/c1-3-5-7-9-11-13-15-17-19-21-24-23-25-22-20-18-16-14-12-10-8-6-4-2/h3-22H2,1-2H3. The smallest absolute Gasteiger partial charge is 0.0210 e. The van der Waals surface area contributed by atoms with E-state index in [0.29, 0.717) is 0 Å². The zero-order valence-electron chi connectivity index (χ0n) is 17.4. The maximum atomic E-state index is 5.61. The Morgan fingerprint density at radius 3 is 1.00 bits per heavy atom. The van der Waals surface area contributed by atoms with E-state index in [1.54, 1.807) is 24.1 Å². The fraction of sp³-hybridized carbons (Fsp3) is 1.00. The lowest BCUT2D eigenvalue weighted by molar-refractivity contribution is 0.571. The van der Waals surface area contributed by atoms with Crippen LogP contribution in [0.3, 0.4) is 0 Å². The Morgan fingerprint density at radius 2 is 0.680 bits per heavy atom. The van der Waals surface area contributed by atoms with E-state index < -0.39 is 0 Å². The Hall–Kier alpha value is 0.660. The van der Waals surface area contributed by atoms with Gasteiger partial charge in [0.05, 0.1) is 0 Å². The molecule has 0 aliphatic heterocycles. The molecule has 0 amide bonds. The first-order valence-electron chi connectivity index (χ1n) is 11.3. The Balaban J connectivity index is 2.94. The maximum Gasteiger partial charge on any atom is 0.0210 e. The summed E-state index contributed by atoms with van der Waals surface area (Å²) in [7, 11) is 0. The number of hydrogen-bond donors (Lipinski definition) is 0. The highest BCUT2D eigenvalue weighted by atomic mass is 32.2. The fourth-order valence-corrected chi connectivity index (χ4v) is 4.51. The van der Waals surface area contributed by atoms with Crippen molar-refractivity contribution < 1.29 is 3.63 Å². The lowest BCUT2D eigenvalue weighted by Crippen LogP contribution is -1.85. The van der Waals surface area contributed by atoms with Gasteiger partial charge in [0.15, 0.2) is 0 Å². The average Bonchev–Trinajstić information content (AvgIpc) is 2.63. The van der Waals surface area contributed by atoms with E-state index in [2.05, 4.69) is 13.8 Å². The van der Waals surface area contributed by atoms with Crippen LogP contribution in [0.15, 0.2) is 0 Å². The van der Waals surface area contributed by atoms with Crippen LogP contribution in [0.4, 0.5) is 0 Å². The van der Waals surface area contributed by atoms with Gasteiger partial charge in [0.2, 0.25) is 0 Å². The molecule has 0 saturated carbocycles. The summed E-state index contributed by atoms with van der Waals surface area (Å²) in [6.07, 6.45) is 25.3. The highest BCUT2D eigenvalue weighted by Gasteiger charge is 1.96. The molecule has 0 aromatic heterocycles. The molecule has 0 unspecified atom stereocenters. The molecule has 152 valence electrons. The van der Waals surface area contributed by atoms with Crippen LogP contribution in [0, 0.1) is 0 Å². The van der Waals surface area contributed by atoms with Crippen LogP contribution >= 0.6 is 24.1 Å². The molecule has 3 heteroatoms. The minimum atomic E-state index is 1.17. The van der Waals surface area contributed by atoms with Gasteiger partial charge in [-0.2, -0.15) is 0 Å². The first kappa shape index (κ1) is 25.7. The lowest BCUT2D eigenvalue weighted by atomic mass is 10.1. The summed E-state index contributed by atoms with van der Waals surface area (Å²) >= 11 is 3.34. The summed E-state index contributed by atoms with van der Waals surface area (Å²) in [6.45, 7) is 4.57. The van der Waals surface area contributed by atoms with Gasteiger partial charge in [0.1, 0.15) is 0 Å². The van der Waals surface area contributed by atoms with Crippen molar-refractivity contribution in [1.29, 1.82) is 0 Å². The summed E-state index contributed by atoms with van der Waals surface area (Å²) in [5.41, 5.74) is 0. The second kappa shape index (κ2) is 24.7. The SMILES string of the molecule is CCCCCCCCCCCSOSCCCCCCCCCCC. The monoisotopic (exact) mass is 390 g/mol. The van der Waals surface area contributed by atoms with Crippen LogP contribution in [0.2, 0.25) is 0 Å². The third kappa shape index (κ3) is 24.7. The minimum Gasteiger partial charge on any atom is -0.247 e. The van der Waals surface area contributed by atoms with Crippen LogP contribution in [0.25, 0.3) is 0 Å². The zero-order chi connectivity index (χ0) is 18.3. The molecular weight excluding hydrogens is 344 g/mol. The van der Waals surface area contributed by atoms with Crippen molar-refractivity contribution in [2.45, 2.75) is 129 Å². The van der Waals surface area contributed by atoms with Gasteiger partial charge in [0.25, 0.3) is 0 Å². The second-order valence-electron chi connectivity index (χ2n) is 7.37. The summed E-state index contributed by atoms with van der Waals surface area (Å²) in [4.78, 5) is 0. The summed E-state index contributed by atoms with van der Waals surface area (Å²) < 4.78 is 5.61. The molecule has 0 aliphatic rings. The van der Waals surface area contributed by atoms with Crippen molar-refractivity contribution >= 4 is 24.1 Å². The molecule has 0 N–H and O–H groups in total. The first-order chi connectivity index (χ1) is 12.4. The molecular formula is C22H46OS2. The Bertz CT molecular complexity index is 202. The van der Waals surface area contributed by atoms with Crippen LogP contribution in [0.1, 0.15) is 129 Å². The van der Waals surface area contributed by atoms with E-state index in [9.17, 15) is 0 Å². The molecule has 0 atom stereocenters. The molecule has 0 rings (SSSR count). The largest absolute Gasteiger partial charge is 0.247 e. The minimum absolute atomic E-state index is 1.17. The highest BCUT2D eigenvalue weighted by molar-refractivity contribution is 8.07. The van der Waals surface area contributed by atoms with Gasteiger partial charge in [-0.15, -0.1) is 0 Å². The van der Waals surface area contributed by atoms with Crippen LogP contribution in [0.5, 0.6) is 0 Å². The molecule has 0 saturated heterocycles. The molecule has 0 aromatic rings. The number of unbranched alkanes of at least 4 members (excludes halogenated alkanes) is 16. The number of hydrogen-bond acceptors (Lipinski definition) is 3. The molecule has 0 aromatic carbocycles. The van der Waals surface area contributed by atoms with E-state index in [-0.39, 0.29) is 0 Å². The Labute approximate surface area is 168 Å². The predicted molar refractivity (Wildman–Crippen MR) is 120 cm³/mol. The van der Waals surface area contributed by atoms with Crippen molar-refractivity contribution in [2.24, 2.45) is 0 Å². The van der Waals surface area contributed by atoms with E-state index in [1.165, 1.54) is 127 Å². The van der Waals surface area contributed by atoms with Gasteiger partial charge in [-0.05, 0) is 12.8 Å². The Morgan fingerprint density at radius 1 is 0.400 bits per heavy atom. The Kier molecular flexibility index (Phi) is 25.3. The highest BCUT2D eigenvalue weighted by Crippen LogP contribution is 2.19. The molecule has 0 heterocycles. The van der Waals surface area contributed by atoms with Crippen LogP contribution < -0.4 is 0 Å². The van der Waals surface area contributed by atoms with Crippen molar-refractivity contribution in [3.8, 4) is 0 Å². The summed E-state index contributed by atoms with van der Waals surface area (Å²) in [6, 6.07) is 0. The molecule has 25 heavy (non-hydrogen) atoms. The van der Waals surface area contributed by atoms with Crippen molar-refractivity contribution in [3.05, 3.63) is 0 Å². The third-order valence-corrected chi connectivity index (χ3v) is 6.44. The van der Waals surface area contributed by atoms with E-state index in [1.807, 2.05) is 0 Å². The van der Waals surface area contributed by atoms with Crippen molar-refractivity contribution in [3.63, 3.8) is 0 Å². The zero-order valence-corrected chi connectivity index (χ0v) is 19.0. The molecule has 0 spiro atoms. The predicted octanol–water partition coefficient (Wildman–Crippen LogP) is 9.36. The van der Waals surface area contributed by atoms with Crippen LogP contribution in [-0.2, 0) is 3.63 Å². The third-order valence-electron chi connectivity index (χ3n) is 4.76. The molecule has 0 radical (unpaired) electrons. The molecule has 0 aliphatic carbocycles. The normalized spacial score (nSPS) is 11.3. The summed E-state index contributed by atoms with van der Waals surface area (Å²) in [5, 5.41) is 0. The number of rotatable bonds is 22. The van der Waals surface area contributed by atoms with Crippen molar-refractivity contribution in [1.82, 2.24) is 0 Å². The van der Waals surface area contributed by atoms with Crippen molar-refractivity contribution in [2.75, 3.05) is 11.5 Å². The van der Waals surface area contributed by atoms with Crippen LogP contribution in [-0.4, -0.2) is 11.5 Å². The quantitative estimate of drug-likeness (QED) is 0.134. The van der Waals surface area contributed by atoms with E-state index in [4.69, 9.17) is 3.63 Å². The summed E-state index contributed by atoms with van der Waals surface area (Å²) in [5.74, 6) is 2.33. The first-order valence-corrected chi connectivity index (χ1v) is 13.1. The molecule has 1 nitrogen and oxygen atoms in total. The second-order valence-corrected chi connectivity index (χ2v) is 9.20. The average molecular weight is 391 g/mol. The van der Waals surface area contributed by atoms with E-state index >= 15 is 0 Å². The lowest BCUT2D eigenvalue weighted by Gasteiger charge is -2.03. The van der Waals surface area contributed by atoms with Gasteiger partial charge in [-0.25, -0.2) is 3.63 Å². The van der Waals surface area contributed by atoms with Gasteiger partial charge < -0.3 is 0 Å².